The Labute approximate surface area is 252 Å². The zero-order valence-electron chi connectivity index (χ0n) is 26.5. The molecule has 2 aromatic carbocycles. The van der Waals surface area contributed by atoms with Crippen LogP contribution >= 0.6 is 0 Å². The first-order chi connectivity index (χ1) is 20.1. The first kappa shape index (κ1) is 30.8. The molecule has 0 radical (unpaired) electrons. The van der Waals surface area contributed by atoms with E-state index in [1.807, 2.05) is 6.07 Å². The quantitative estimate of drug-likeness (QED) is 0.227. The summed E-state index contributed by atoms with van der Waals surface area (Å²) in [5, 5.41) is 0. The highest BCUT2D eigenvalue weighted by molar-refractivity contribution is 5.32. The van der Waals surface area contributed by atoms with Crippen molar-refractivity contribution in [3.63, 3.8) is 0 Å². The van der Waals surface area contributed by atoms with E-state index >= 15 is 4.39 Å². The van der Waals surface area contributed by atoms with Crippen LogP contribution in [-0.2, 0) is 0 Å². The molecule has 0 heterocycles. The summed E-state index contributed by atoms with van der Waals surface area (Å²) in [6, 6.07) is 16.2. The lowest BCUT2D eigenvalue weighted by molar-refractivity contribution is 0.299. The molecule has 0 aliphatic heterocycles. The Morgan fingerprint density at radius 2 is 0.878 bits per heavy atom. The third-order valence-electron chi connectivity index (χ3n) is 11.7. The van der Waals surface area contributed by atoms with E-state index in [0.29, 0.717) is 17.8 Å². The number of halogens is 1. The maximum Gasteiger partial charge on any atom is 0.126 e. The lowest BCUT2D eigenvalue weighted by atomic mass is 9.74. The molecule has 0 N–H and O–H groups in total. The van der Waals surface area contributed by atoms with Crippen LogP contribution in [0.5, 0.6) is 0 Å². The maximum atomic E-state index is 15.4. The minimum Gasteiger partial charge on any atom is -0.207 e. The molecule has 226 valence electrons. The summed E-state index contributed by atoms with van der Waals surface area (Å²) in [4.78, 5) is 0. The predicted octanol–water partition coefficient (Wildman–Crippen LogP) is 13.0. The summed E-state index contributed by atoms with van der Waals surface area (Å²) in [7, 11) is 0. The number of benzene rings is 2. The van der Waals surface area contributed by atoms with E-state index in [4.69, 9.17) is 0 Å². The average molecular weight is 559 g/mol. The summed E-state index contributed by atoms with van der Waals surface area (Å²) in [6.45, 7) is 4.60. The van der Waals surface area contributed by atoms with Crippen LogP contribution in [0, 0.1) is 17.7 Å². The van der Waals surface area contributed by atoms with Gasteiger partial charge in [0.15, 0.2) is 0 Å². The summed E-state index contributed by atoms with van der Waals surface area (Å²) >= 11 is 0. The van der Waals surface area contributed by atoms with Crippen molar-refractivity contribution in [3.05, 3.63) is 70.5 Å². The van der Waals surface area contributed by atoms with E-state index < -0.39 is 0 Å². The van der Waals surface area contributed by atoms with Gasteiger partial charge in [-0.1, -0.05) is 102 Å². The van der Waals surface area contributed by atoms with Crippen LogP contribution in [0.25, 0.3) is 0 Å². The van der Waals surface area contributed by atoms with Gasteiger partial charge in [0.25, 0.3) is 0 Å². The first-order valence-corrected chi connectivity index (χ1v) is 18.0. The van der Waals surface area contributed by atoms with Crippen molar-refractivity contribution in [1.82, 2.24) is 0 Å². The van der Waals surface area contributed by atoms with Crippen molar-refractivity contribution in [2.75, 3.05) is 0 Å². The molecular formula is C40H59F. The molecule has 2 aromatic rings. The molecule has 3 aliphatic rings. The highest BCUT2D eigenvalue weighted by Crippen LogP contribution is 2.44. The van der Waals surface area contributed by atoms with Gasteiger partial charge >= 0.3 is 0 Å². The Balaban J connectivity index is 1.07. The van der Waals surface area contributed by atoms with Gasteiger partial charge in [-0.2, -0.15) is 0 Å². The van der Waals surface area contributed by atoms with E-state index in [1.54, 1.807) is 5.56 Å². The van der Waals surface area contributed by atoms with Gasteiger partial charge in [0, 0.05) is 0 Å². The smallest absolute Gasteiger partial charge is 0.126 e. The van der Waals surface area contributed by atoms with Crippen LogP contribution < -0.4 is 0 Å². The van der Waals surface area contributed by atoms with Crippen molar-refractivity contribution >= 4 is 0 Å². The molecule has 0 saturated heterocycles. The second-order valence-electron chi connectivity index (χ2n) is 14.4. The monoisotopic (exact) mass is 558 g/mol. The van der Waals surface area contributed by atoms with Gasteiger partial charge in [-0.3, -0.25) is 0 Å². The average Bonchev–Trinajstić information content (AvgIpc) is 3.02. The molecule has 0 amide bonds. The van der Waals surface area contributed by atoms with Crippen molar-refractivity contribution in [3.8, 4) is 0 Å². The van der Waals surface area contributed by atoms with Crippen LogP contribution in [0.3, 0.4) is 0 Å². The standard InChI is InChI=1S/C40H59F/c1-3-5-7-9-30-11-15-32(16-12-30)33-19-21-34(22-20-33)35-23-25-36(26-24-35)38-27-28-39(40(41)29-38)37-17-13-31(14-18-37)10-8-6-4-2/h19-22,27-32,35-37H,3-18,23-26H2,1-2H3. The molecule has 0 atom stereocenters. The van der Waals surface area contributed by atoms with E-state index in [-0.39, 0.29) is 5.82 Å². The Kier molecular flexibility index (Phi) is 11.8. The van der Waals surface area contributed by atoms with Crippen LogP contribution in [0.15, 0.2) is 42.5 Å². The van der Waals surface area contributed by atoms with E-state index in [2.05, 4.69) is 50.2 Å². The molecule has 0 aromatic heterocycles. The summed E-state index contributed by atoms with van der Waals surface area (Å²) in [5.41, 5.74) is 5.36. The van der Waals surface area contributed by atoms with Crippen LogP contribution in [0.1, 0.15) is 188 Å². The molecule has 3 fully saturated rings. The van der Waals surface area contributed by atoms with E-state index in [1.165, 1.54) is 140 Å². The minimum atomic E-state index is 0.0737. The molecule has 0 bridgehead atoms. The second kappa shape index (κ2) is 15.7. The number of hydrogen-bond donors (Lipinski definition) is 0. The highest BCUT2D eigenvalue weighted by atomic mass is 19.1. The molecule has 3 saturated carbocycles. The van der Waals surface area contributed by atoms with Gasteiger partial charge in [0.2, 0.25) is 0 Å². The topological polar surface area (TPSA) is 0 Å². The van der Waals surface area contributed by atoms with Crippen LogP contribution in [-0.4, -0.2) is 0 Å². The lowest BCUT2D eigenvalue weighted by Gasteiger charge is -2.31. The fourth-order valence-electron chi connectivity index (χ4n) is 8.84. The number of hydrogen-bond acceptors (Lipinski definition) is 0. The first-order valence-electron chi connectivity index (χ1n) is 18.0. The Morgan fingerprint density at radius 1 is 0.488 bits per heavy atom. The van der Waals surface area contributed by atoms with Gasteiger partial charge < -0.3 is 0 Å². The lowest BCUT2D eigenvalue weighted by Crippen LogP contribution is -2.15. The minimum absolute atomic E-state index is 0.0737. The van der Waals surface area contributed by atoms with Crippen molar-refractivity contribution in [2.24, 2.45) is 11.8 Å². The maximum absolute atomic E-state index is 15.4. The van der Waals surface area contributed by atoms with Crippen molar-refractivity contribution in [2.45, 2.75) is 166 Å². The third-order valence-corrected chi connectivity index (χ3v) is 11.7. The molecule has 0 spiro atoms. The molecule has 0 nitrogen and oxygen atoms in total. The normalized spacial score (nSPS) is 29.0. The van der Waals surface area contributed by atoms with Gasteiger partial charge in [-0.25, -0.2) is 4.39 Å². The van der Waals surface area contributed by atoms with Crippen molar-refractivity contribution in [1.29, 1.82) is 0 Å². The van der Waals surface area contributed by atoms with Crippen LogP contribution in [0.4, 0.5) is 4.39 Å². The largest absolute Gasteiger partial charge is 0.207 e. The SMILES string of the molecule is CCCCCC1CCC(c2ccc(C3CCC(c4ccc(C5CCC(CCCCC)CC5)c(F)c4)CC3)cc2)CC1. The second-order valence-corrected chi connectivity index (χ2v) is 14.4. The van der Waals surface area contributed by atoms with Gasteiger partial charge in [0.05, 0.1) is 0 Å². The van der Waals surface area contributed by atoms with E-state index in [9.17, 15) is 0 Å². The summed E-state index contributed by atoms with van der Waals surface area (Å²) < 4.78 is 15.4. The number of unbranched alkanes of at least 4 members (excludes halogenated alkanes) is 4. The Hall–Kier alpha value is -1.63. The van der Waals surface area contributed by atoms with E-state index in [0.717, 1.165) is 23.3 Å². The zero-order chi connectivity index (χ0) is 28.4. The Morgan fingerprint density at radius 3 is 1.32 bits per heavy atom. The molecule has 1 heteroatoms. The molecular weight excluding hydrogens is 499 g/mol. The van der Waals surface area contributed by atoms with Crippen LogP contribution in [0.2, 0.25) is 0 Å². The fourth-order valence-corrected chi connectivity index (χ4v) is 8.84. The van der Waals surface area contributed by atoms with Gasteiger partial charge in [-0.05, 0) is 141 Å². The fraction of sp³-hybridized carbons (Fsp3) is 0.700. The summed E-state index contributed by atoms with van der Waals surface area (Å²) in [6.07, 6.45) is 26.5. The van der Waals surface area contributed by atoms with Crippen molar-refractivity contribution < 1.29 is 4.39 Å². The molecule has 5 rings (SSSR count). The molecule has 41 heavy (non-hydrogen) atoms. The predicted molar refractivity (Wildman–Crippen MR) is 174 cm³/mol. The zero-order valence-corrected chi connectivity index (χ0v) is 26.5. The molecule has 0 unspecified atom stereocenters. The highest BCUT2D eigenvalue weighted by Gasteiger charge is 2.28. The Bertz CT molecular complexity index is 1010. The van der Waals surface area contributed by atoms with Gasteiger partial charge in [0.1, 0.15) is 5.82 Å². The third kappa shape index (κ3) is 8.48. The number of rotatable bonds is 12. The molecule has 3 aliphatic carbocycles. The van der Waals surface area contributed by atoms with Gasteiger partial charge in [-0.15, -0.1) is 0 Å². The summed E-state index contributed by atoms with van der Waals surface area (Å²) in [5.74, 6) is 4.35.